The maximum Gasteiger partial charge on any atom is 0.161 e. The summed E-state index contributed by atoms with van der Waals surface area (Å²) in [6, 6.07) is 9.36. The smallest absolute Gasteiger partial charge is 0.161 e. The predicted octanol–water partition coefficient (Wildman–Crippen LogP) is 3.65. The van der Waals surface area contributed by atoms with Crippen LogP contribution in [0.2, 0.25) is 0 Å². The van der Waals surface area contributed by atoms with E-state index >= 15 is 0 Å². The summed E-state index contributed by atoms with van der Waals surface area (Å²) in [4.78, 5) is 0. The number of ether oxygens (including phenoxy) is 2. The third-order valence-electron chi connectivity index (χ3n) is 3.07. The third-order valence-corrected chi connectivity index (χ3v) is 3.75. The fourth-order valence-electron chi connectivity index (χ4n) is 1.96. The van der Waals surface area contributed by atoms with E-state index in [0.29, 0.717) is 11.5 Å². The fourth-order valence-corrected chi connectivity index (χ4v) is 2.53. The second-order valence-electron chi connectivity index (χ2n) is 4.26. The Balaban J connectivity index is 2.43. The number of benzene rings is 2. The molecule has 1 unspecified atom stereocenters. The van der Waals surface area contributed by atoms with E-state index in [-0.39, 0.29) is 11.9 Å². The molecular formula is C15H15BrFNO2. The third kappa shape index (κ3) is 2.94. The fraction of sp³-hybridized carbons (Fsp3) is 0.200. The van der Waals surface area contributed by atoms with Crippen molar-refractivity contribution < 1.29 is 13.9 Å². The molecule has 3 nitrogen and oxygen atoms in total. The largest absolute Gasteiger partial charge is 0.493 e. The second-order valence-corrected chi connectivity index (χ2v) is 5.11. The van der Waals surface area contributed by atoms with E-state index in [9.17, 15) is 4.39 Å². The molecule has 20 heavy (non-hydrogen) atoms. The number of hydrogen-bond acceptors (Lipinski definition) is 3. The molecule has 1 atom stereocenters. The Morgan fingerprint density at radius 2 is 1.60 bits per heavy atom. The first kappa shape index (κ1) is 14.8. The number of methoxy groups -OCH3 is 2. The highest BCUT2D eigenvalue weighted by molar-refractivity contribution is 9.10. The molecule has 0 bridgehead atoms. The molecule has 2 N–H and O–H groups in total. The van der Waals surface area contributed by atoms with E-state index in [1.807, 2.05) is 6.07 Å². The van der Waals surface area contributed by atoms with Gasteiger partial charge in [0.2, 0.25) is 0 Å². The second kappa shape index (κ2) is 6.24. The minimum absolute atomic E-state index is 0.285. The van der Waals surface area contributed by atoms with Crippen LogP contribution in [0, 0.1) is 5.82 Å². The van der Waals surface area contributed by atoms with E-state index in [1.165, 1.54) is 12.1 Å². The molecular weight excluding hydrogens is 325 g/mol. The highest BCUT2D eigenvalue weighted by Crippen LogP contribution is 2.37. The summed E-state index contributed by atoms with van der Waals surface area (Å²) >= 11 is 3.47. The average molecular weight is 340 g/mol. The van der Waals surface area contributed by atoms with Crippen LogP contribution in [-0.2, 0) is 0 Å². The number of nitrogens with two attached hydrogens (primary N) is 1. The molecule has 0 radical (unpaired) electrons. The van der Waals surface area contributed by atoms with Crippen LogP contribution in [0.3, 0.4) is 0 Å². The molecule has 0 saturated heterocycles. The van der Waals surface area contributed by atoms with Crippen LogP contribution in [0.5, 0.6) is 11.5 Å². The Hall–Kier alpha value is -1.59. The van der Waals surface area contributed by atoms with Crippen LogP contribution >= 0.6 is 15.9 Å². The van der Waals surface area contributed by atoms with Crippen molar-refractivity contribution in [3.63, 3.8) is 0 Å². The van der Waals surface area contributed by atoms with Gasteiger partial charge in [0.05, 0.1) is 20.3 Å². The van der Waals surface area contributed by atoms with Gasteiger partial charge in [-0.25, -0.2) is 4.39 Å². The average Bonchev–Trinajstić information content (AvgIpc) is 2.47. The van der Waals surface area contributed by atoms with E-state index < -0.39 is 0 Å². The Kier molecular flexibility index (Phi) is 4.62. The quantitative estimate of drug-likeness (QED) is 0.924. The molecule has 0 heterocycles. The number of halogens is 2. The van der Waals surface area contributed by atoms with Crippen molar-refractivity contribution in [2.75, 3.05) is 14.2 Å². The van der Waals surface area contributed by atoms with Gasteiger partial charge in [0.1, 0.15) is 5.82 Å². The molecule has 2 aromatic rings. The van der Waals surface area contributed by atoms with Crippen LogP contribution in [0.25, 0.3) is 0 Å². The van der Waals surface area contributed by atoms with Gasteiger partial charge in [0.15, 0.2) is 11.5 Å². The summed E-state index contributed by atoms with van der Waals surface area (Å²) in [6.45, 7) is 0. The lowest BCUT2D eigenvalue weighted by atomic mass is 9.99. The van der Waals surface area contributed by atoms with Gasteiger partial charge in [-0.1, -0.05) is 28.1 Å². The van der Waals surface area contributed by atoms with Crippen LogP contribution in [-0.4, -0.2) is 14.2 Å². The minimum atomic E-state index is -0.384. The minimum Gasteiger partial charge on any atom is -0.493 e. The van der Waals surface area contributed by atoms with Crippen LogP contribution in [0.1, 0.15) is 17.2 Å². The van der Waals surface area contributed by atoms with Crippen LogP contribution in [0.15, 0.2) is 40.9 Å². The van der Waals surface area contributed by atoms with E-state index in [4.69, 9.17) is 15.2 Å². The highest BCUT2D eigenvalue weighted by Gasteiger charge is 2.16. The number of rotatable bonds is 4. The maximum absolute atomic E-state index is 13.0. The van der Waals surface area contributed by atoms with E-state index in [2.05, 4.69) is 15.9 Å². The Morgan fingerprint density at radius 3 is 2.15 bits per heavy atom. The van der Waals surface area contributed by atoms with E-state index in [1.54, 1.807) is 32.4 Å². The molecule has 0 aliphatic carbocycles. The van der Waals surface area contributed by atoms with Crippen molar-refractivity contribution in [2.45, 2.75) is 6.04 Å². The van der Waals surface area contributed by atoms with Gasteiger partial charge in [0, 0.05) is 4.47 Å². The van der Waals surface area contributed by atoms with Crippen molar-refractivity contribution in [2.24, 2.45) is 5.73 Å². The van der Waals surface area contributed by atoms with Crippen molar-refractivity contribution >= 4 is 15.9 Å². The van der Waals surface area contributed by atoms with Gasteiger partial charge in [-0.3, -0.25) is 0 Å². The first-order valence-corrected chi connectivity index (χ1v) is 6.78. The summed E-state index contributed by atoms with van der Waals surface area (Å²) in [6.07, 6.45) is 0. The summed E-state index contributed by atoms with van der Waals surface area (Å²) in [5.41, 5.74) is 7.89. The molecule has 0 aromatic heterocycles. The summed E-state index contributed by atoms with van der Waals surface area (Å²) in [5, 5.41) is 0. The van der Waals surface area contributed by atoms with Crippen molar-refractivity contribution in [3.8, 4) is 11.5 Å². The summed E-state index contributed by atoms with van der Waals surface area (Å²) in [7, 11) is 3.14. The molecule has 0 amide bonds. The van der Waals surface area contributed by atoms with Gasteiger partial charge in [-0.2, -0.15) is 0 Å². The first-order chi connectivity index (χ1) is 9.56. The zero-order valence-electron chi connectivity index (χ0n) is 11.2. The number of hydrogen-bond donors (Lipinski definition) is 1. The summed E-state index contributed by atoms with van der Waals surface area (Å²) < 4.78 is 24.3. The van der Waals surface area contributed by atoms with Crippen molar-refractivity contribution in [1.82, 2.24) is 0 Å². The normalized spacial score (nSPS) is 12.1. The van der Waals surface area contributed by atoms with Gasteiger partial charge >= 0.3 is 0 Å². The highest BCUT2D eigenvalue weighted by atomic mass is 79.9. The monoisotopic (exact) mass is 339 g/mol. The first-order valence-electron chi connectivity index (χ1n) is 5.99. The molecule has 5 heteroatoms. The molecule has 2 rings (SSSR count). The SMILES string of the molecule is COc1cc(Br)c(C(N)c2ccc(F)cc2)cc1OC. The molecule has 0 saturated carbocycles. The van der Waals surface area contributed by atoms with E-state index in [0.717, 1.165) is 15.6 Å². The molecule has 0 spiro atoms. The van der Waals surface area contributed by atoms with Crippen LogP contribution in [0.4, 0.5) is 4.39 Å². The lowest BCUT2D eigenvalue weighted by Gasteiger charge is -2.17. The molecule has 106 valence electrons. The Bertz CT molecular complexity index is 602. The summed E-state index contributed by atoms with van der Waals surface area (Å²) in [5.74, 6) is 0.935. The van der Waals surface area contributed by atoms with Gasteiger partial charge in [0.25, 0.3) is 0 Å². The standard InChI is InChI=1S/C15H15BrFNO2/c1-19-13-7-11(12(16)8-14(13)20-2)15(18)9-3-5-10(17)6-4-9/h3-8,15H,18H2,1-2H3. The van der Waals surface area contributed by atoms with Crippen molar-refractivity contribution in [1.29, 1.82) is 0 Å². The lowest BCUT2D eigenvalue weighted by Crippen LogP contribution is -2.13. The Labute approximate surface area is 125 Å². The van der Waals surface area contributed by atoms with Crippen molar-refractivity contribution in [3.05, 3.63) is 57.8 Å². The Morgan fingerprint density at radius 1 is 1.05 bits per heavy atom. The molecule has 0 aliphatic heterocycles. The molecule has 2 aromatic carbocycles. The topological polar surface area (TPSA) is 44.5 Å². The lowest BCUT2D eigenvalue weighted by molar-refractivity contribution is 0.354. The predicted molar refractivity (Wildman–Crippen MR) is 79.7 cm³/mol. The zero-order valence-corrected chi connectivity index (χ0v) is 12.8. The van der Waals surface area contributed by atoms with Gasteiger partial charge in [-0.05, 0) is 35.4 Å². The maximum atomic E-state index is 13.0. The van der Waals surface area contributed by atoms with Gasteiger partial charge in [-0.15, -0.1) is 0 Å². The van der Waals surface area contributed by atoms with Crippen LogP contribution < -0.4 is 15.2 Å². The zero-order chi connectivity index (χ0) is 14.7. The molecule has 0 aliphatic rings. The van der Waals surface area contributed by atoms with Gasteiger partial charge < -0.3 is 15.2 Å². The molecule has 0 fully saturated rings.